The lowest BCUT2D eigenvalue weighted by Crippen LogP contribution is -2.39. The summed E-state index contributed by atoms with van der Waals surface area (Å²) < 4.78 is 26.6. The molecule has 1 saturated heterocycles. The van der Waals surface area contributed by atoms with Gasteiger partial charge in [0.15, 0.2) is 0 Å². The van der Waals surface area contributed by atoms with Crippen molar-refractivity contribution in [2.24, 2.45) is 5.92 Å². The predicted molar refractivity (Wildman–Crippen MR) is 72.7 cm³/mol. The molecule has 0 saturated carbocycles. The first-order chi connectivity index (χ1) is 8.39. The number of benzene rings is 1. The number of nitrogens with two attached hydrogens (primary N) is 1. The second kappa shape index (κ2) is 4.90. The zero-order chi connectivity index (χ0) is 13.3. The molecule has 0 aromatic heterocycles. The summed E-state index contributed by atoms with van der Waals surface area (Å²) >= 11 is 0. The maximum atomic E-state index is 12.5. The summed E-state index contributed by atoms with van der Waals surface area (Å²) in [6, 6.07) is 5.00. The van der Waals surface area contributed by atoms with Crippen LogP contribution in [0.3, 0.4) is 0 Å². The number of hydrogen-bond acceptors (Lipinski definition) is 3. The molecule has 2 N–H and O–H groups in total. The Hall–Kier alpha value is -1.07. The first-order valence-electron chi connectivity index (χ1n) is 6.27. The molecule has 1 aromatic carbocycles. The van der Waals surface area contributed by atoms with Gasteiger partial charge < -0.3 is 5.73 Å². The second-order valence-electron chi connectivity index (χ2n) is 5.19. The van der Waals surface area contributed by atoms with Crippen LogP contribution in [0.4, 0.5) is 5.69 Å². The van der Waals surface area contributed by atoms with Crippen molar-refractivity contribution in [1.82, 2.24) is 4.31 Å². The highest BCUT2D eigenvalue weighted by Gasteiger charge is 2.28. The zero-order valence-electron chi connectivity index (χ0n) is 10.9. The average Bonchev–Trinajstić information content (AvgIpc) is 2.27. The predicted octanol–water partition coefficient (Wildman–Crippen LogP) is 2.00. The van der Waals surface area contributed by atoms with Crippen molar-refractivity contribution in [3.05, 3.63) is 23.8 Å². The Labute approximate surface area is 109 Å². The summed E-state index contributed by atoms with van der Waals surface area (Å²) in [6.07, 6.45) is 2.03. The summed E-state index contributed by atoms with van der Waals surface area (Å²) in [6.45, 7) is 5.16. The van der Waals surface area contributed by atoms with E-state index in [0.29, 0.717) is 29.6 Å². The van der Waals surface area contributed by atoms with E-state index in [9.17, 15) is 8.42 Å². The van der Waals surface area contributed by atoms with E-state index in [-0.39, 0.29) is 0 Å². The highest BCUT2D eigenvalue weighted by atomic mass is 32.2. The molecule has 5 heteroatoms. The van der Waals surface area contributed by atoms with E-state index in [1.165, 1.54) is 0 Å². The fourth-order valence-electron chi connectivity index (χ4n) is 2.44. The quantitative estimate of drug-likeness (QED) is 0.834. The van der Waals surface area contributed by atoms with Crippen LogP contribution in [0.1, 0.15) is 25.3 Å². The van der Waals surface area contributed by atoms with Gasteiger partial charge in [0.1, 0.15) is 0 Å². The third-order valence-electron chi connectivity index (χ3n) is 3.33. The number of piperidine rings is 1. The number of nitrogens with zero attached hydrogens (tertiary/aromatic N) is 1. The minimum atomic E-state index is -3.39. The Morgan fingerprint density at radius 1 is 1.33 bits per heavy atom. The normalized spacial score (nSPS) is 22.0. The fourth-order valence-corrected chi connectivity index (χ4v) is 4.18. The van der Waals surface area contributed by atoms with Crippen molar-refractivity contribution in [3.63, 3.8) is 0 Å². The highest BCUT2D eigenvalue weighted by Crippen LogP contribution is 2.25. The van der Waals surface area contributed by atoms with Crippen molar-refractivity contribution in [2.75, 3.05) is 18.8 Å². The lowest BCUT2D eigenvalue weighted by atomic mass is 10.0. The van der Waals surface area contributed by atoms with Gasteiger partial charge in [0.05, 0.1) is 4.90 Å². The van der Waals surface area contributed by atoms with Crippen LogP contribution < -0.4 is 5.73 Å². The van der Waals surface area contributed by atoms with E-state index in [1.807, 2.05) is 6.92 Å². The molecule has 1 aromatic rings. The fraction of sp³-hybridized carbons (Fsp3) is 0.538. The topological polar surface area (TPSA) is 63.4 Å². The van der Waals surface area contributed by atoms with Crippen LogP contribution in [0.25, 0.3) is 0 Å². The van der Waals surface area contributed by atoms with Crippen LogP contribution in [0.2, 0.25) is 0 Å². The summed E-state index contributed by atoms with van der Waals surface area (Å²) in [5, 5.41) is 0. The molecule has 2 rings (SSSR count). The number of sulfonamides is 1. The van der Waals surface area contributed by atoms with Gasteiger partial charge in [0.2, 0.25) is 10.0 Å². The number of aryl methyl sites for hydroxylation is 1. The van der Waals surface area contributed by atoms with Crippen LogP contribution in [-0.4, -0.2) is 25.8 Å². The lowest BCUT2D eigenvalue weighted by molar-refractivity contribution is 0.281. The van der Waals surface area contributed by atoms with Gasteiger partial charge in [-0.15, -0.1) is 0 Å². The average molecular weight is 268 g/mol. The standard InChI is InChI=1S/C13H20N2O2S/c1-10-4-3-5-15(9-10)18(16,17)13-7-11(2)6-12(14)8-13/h6-8,10H,3-5,9,14H2,1-2H3. The number of hydrogen-bond donors (Lipinski definition) is 1. The first-order valence-corrected chi connectivity index (χ1v) is 7.71. The molecule has 1 heterocycles. The van der Waals surface area contributed by atoms with Gasteiger partial charge in [-0.3, -0.25) is 0 Å². The molecule has 0 radical (unpaired) electrons. The Morgan fingerprint density at radius 2 is 2.06 bits per heavy atom. The molecule has 1 atom stereocenters. The van der Waals surface area contributed by atoms with Crippen molar-refractivity contribution in [1.29, 1.82) is 0 Å². The van der Waals surface area contributed by atoms with Crippen LogP contribution in [-0.2, 0) is 10.0 Å². The van der Waals surface area contributed by atoms with Crippen LogP contribution in [0, 0.1) is 12.8 Å². The van der Waals surface area contributed by atoms with Crippen LogP contribution >= 0.6 is 0 Å². The number of anilines is 1. The van der Waals surface area contributed by atoms with Gasteiger partial charge in [-0.05, 0) is 49.4 Å². The smallest absolute Gasteiger partial charge is 0.243 e. The molecule has 0 spiro atoms. The van der Waals surface area contributed by atoms with E-state index in [0.717, 1.165) is 18.4 Å². The first kappa shape index (κ1) is 13.4. The lowest BCUT2D eigenvalue weighted by Gasteiger charge is -2.30. The molecule has 0 aliphatic carbocycles. The maximum absolute atomic E-state index is 12.5. The Balaban J connectivity index is 2.35. The van der Waals surface area contributed by atoms with Gasteiger partial charge in [-0.1, -0.05) is 6.92 Å². The highest BCUT2D eigenvalue weighted by molar-refractivity contribution is 7.89. The summed E-state index contributed by atoms with van der Waals surface area (Å²) in [7, 11) is -3.39. The van der Waals surface area contributed by atoms with E-state index in [4.69, 9.17) is 5.73 Å². The minimum absolute atomic E-state index is 0.314. The molecule has 0 amide bonds. The molecule has 1 aliphatic rings. The molecule has 1 unspecified atom stereocenters. The van der Waals surface area contributed by atoms with Crippen molar-refractivity contribution >= 4 is 15.7 Å². The largest absolute Gasteiger partial charge is 0.399 e. The van der Waals surface area contributed by atoms with Crippen molar-refractivity contribution in [2.45, 2.75) is 31.6 Å². The van der Waals surface area contributed by atoms with Crippen molar-refractivity contribution < 1.29 is 8.42 Å². The Bertz CT molecular complexity index is 520. The molecule has 100 valence electrons. The molecule has 1 fully saturated rings. The summed E-state index contributed by atoms with van der Waals surface area (Å²) in [5.74, 6) is 0.427. The van der Waals surface area contributed by atoms with E-state index in [2.05, 4.69) is 6.92 Å². The molecule has 18 heavy (non-hydrogen) atoms. The zero-order valence-corrected chi connectivity index (χ0v) is 11.7. The van der Waals surface area contributed by atoms with Gasteiger partial charge in [-0.25, -0.2) is 8.42 Å². The van der Waals surface area contributed by atoms with Crippen molar-refractivity contribution in [3.8, 4) is 0 Å². The molecular formula is C13H20N2O2S. The summed E-state index contributed by atoms with van der Waals surface area (Å²) in [5.41, 5.74) is 7.10. The Kier molecular flexibility index (Phi) is 3.64. The minimum Gasteiger partial charge on any atom is -0.399 e. The van der Waals surface area contributed by atoms with E-state index in [1.54, 1.807) is 22.5 Å². The van der Waals surface area contributed by atoms with Gasteiger partial charge >= 0.3 is 0 Å². The van der Waals surface area contributed by atoms with Gasteiger partial charge in [0, 0.05) is 18.8 Å². The summed E-state index contributed by atoms with van der Waals surface area (Å²) in [4.78, 5) is 0.314. The third kappa shape index (κ3) is 2.67. The molecule has 1 aliphatic heterocycles. The van der Waals surface area contributed by atoms with Crippen LogP contribution in [0.15, 0.2) is 23.1 Å². The SMILES string of the molecule is Cc1cc(N)cc(S(=O)(=O)N2CCCC(C)C2)c1. The molecular weight excluding hydrogens is 248 g/mol. The Morgan fingerprint density at radius 3 is 2.67 bits per heavy atom. The maximum Gasteiger partial charge on any atom is 0.243 e. The molecule has 0 bridgehead atoms. The van der Waals surface area contributed by atoms with E-state index >= 15 is 0 Å². The van der Waals surface area contributed by atoms with Gasteiger partial charge in [-0.2, -0.15) is 4.31 Å². The third-order valence-corrected chi connectivity index (χ3v) is 5.17. The number of nitrogen functional groups attached to an aromatic ring is 1. The molecule has 4 nitrogen and oxygen atoms in total. The van der Waals surface area contributed by atoms with Crippen LogP contribution in [0.5, 0.6) is 0 Å². The number of rotatable bonds is 2. The van der Waals surface area contributed by atoms with Gasteiger partial charge in [0.25, 0.3) is 0 Å². The monoisotopic (exact) mass is 268 g/mol. The van der Waals surface area contributed by atoms with E-state index < -0.39 is 10.0 Å². The second-order valence-corrected chi connectivity index (χ2v) is 7.13.